The van der Waals surface area contributed by atoms with Crippen molar-refractivity contribution in [2.45, 2.75) is 20.3 Å². The molecule has 0 spiro atoms. The summed E-state index contributed by atoms with van der Waals surface area (Å²) in [6.07, 6.45) is 0.821. The van der Waals surface area contributed by atoms with Gasteiger partial charge >= 0.3 is 5.97 Å². The van der Waals surface area contributed by atoms with Gasteiger partial charge in [-0.15, -0.1) is 0 Å². The molecule has 0 N–H and O–H groups in total. The van der Waals surface area contributed by atoms with Gasteiger partial charge in [-0.1, -0.05) is 42.8 Å². The first-order valence-electron chi connectivity index (χ1n) is 9.84. The molecule has 0 unspecified atom stereocenters. The number of hydrogen-bond donors (Lipinski definition) is 0. The van der Waals surface area contributed by atoms with Crippen LogP contribution < -0.4 is 14.4 Å². The van der Waals surface area contributed by atoms with E-state index in [1.54, 1.807) is 48.3 Å². The van der Waals surface area contributed by atoms with E-state index in [-0.39, 0.29) is 12.5 Å². The van der Waals surface area contributed by atoms with Crippen LogP contribution in [0.15, 0.2) is 72.8 Å². The molecule has 0 aliphatic carbocycles. The Bertz CT molecular complexity index is 1010. The maximum absolute atomic E-state index is 12.6. The largest absolute Gasteiger partial charge is 0.482 e. The van der Waals surface area contributed by atoms with Crippen LogP contribution in [-0.4, -0.2) is 25.5 Å². The molecule has 0 bridgehead atoms. The Hall–Kier alpha value is -3.60. The highest BCUT2D eigenvalue weighted by molar-refractivity contribution is 6.05. The first kappa shape index (κ1) is 21.1. The van der Waals surface area contributed by atoms with E-state index in [0.717, 1.165) is 17.5 Å². The van der Waals surface area contributed by atoms with Crippen LogP contribution in [0.2, 0.25) is 0 Å². The standard InChI is InChI=1S/C25H25NO4/c1-4-19-7-5-6-8-23(19)29-17-24(27)30-22-15-13-21(14-16-22)26(3)25(28)20-11-9-18(2)10-12-20/h5-16H,4,17H2,1-3H3. The van der Waals surface area contributed by atoms with Gasteiger partial charge in [0.1, 0.15) is 11.5 Å². The minimum Gasteiger partial charge on any atom is -0.482 e. The third-order valence-corrected chi connectivity index (χ3v) is 4.76. The predicted molar refractivity (Wildman–Crippen MR) is 117 cm³/mol. The van der Waals surface area contributed by atoms with Gasteiger partial charge in [0.05, 0.1) is 0 Å². The van der Waals surface area contributed by atoms with Gasteiger partial charge in [0, 0.05) is 18.3 Å². The third kappa shape index (κ3) is 5.26. The second-order valence-corrected chi connectivity index (χ2v) is 6.95. The van der Waals surface area contributed by atoms with Crippen molar-refractivity contribution in [1.29, 1.82) is 0 Å². The topological polar surface area (TPSA) is 55.8 Å². The molecule has 0 aliphatic heterocycles. The zero-order chi connectivity index (χ0) is 21.5. The van der Waals surface area contributed by atoms with Gasteiger partial charge < -0.3 is 14.4 Å². The molecule has 3 aromatic rings. The SMILES string of the molecule is CCc1ccccc1OCC(=O)Oc1ccc(N(C)C(=O)c2ccc(C)cc2)cc1. The maximum Gasteiger partial charge on any atom is 0.349 e. The summed E-state index contributed by atoms with van der Waals surface area (Å²) in [6.45, 7) is 3.83. The highest BCUT2D eigenvalue weighted by atomic mass is 16.6. The van der Waals surface area contributed by atoms with E-state index >= 15 is 0 Å². The number of benzene rings is 3. The monoisotopic (exact) mass is 403 g/mol. The lowest BCUT2D eigenvalue weighted by Crippen LogP contribution is -2.26. The molecule has 0 saturated heterocycles. The molecular weight excluding hydrogens is 378 g/mol. The average Bonchev–Trinajstić information content (AvgIpc) is 2.78. The van der Waals surface area contributed by atoms with Crippen LogP contribution in [0.5, 0.6) is 11.5 Å². The Morgan fingerprint density at radius 3 is 2.23 bits per heavy atom. The molecule has 0 atom stereocenters. The first-order chi connectivity index (χ1) is 14.5. The quantitative estimate of drug-likeness (QED) is 0.419. The van der Waals surface area contributed by atoms with Crippen LogP contribution >= 0.6 is 0 Å². The molecular formula is C25H25NO4. The average molecular weight is 403 g/mol. The lowest BCUT2D eigenvalue weighted by Gasteiger charge is -2.18. The lowest BCUT2D eigenvalue weighted by molar-refractivity contribution is -0.136. The van der Waals surface area contributed by atoms with E-state index in [9.17, 15) is 9.59 Å². The minimum absolute atomic E-state index is 0.109. The van der Waals surface area contributed by atoms with Crippen LogP contribution in [-0.2, 0) is 11.2 Å². The molecule has 154 valence electrons. The highest BCUT2D eigenvalue weighted by Crippen LogP contribution is 2.21. The van der Waals surface area contributed by atoms with Crippen LogP contribution in [0, 0.1) is 6.92 Å². The number of nitrogens with zero attached hydrogens (tertiary/aromatic N) is 1. The number of aryl methyl sites for hydroxylation is 2. The number of hydrogen-bond acceptors (Lipinski definition) is 4. The van der Waals surface area contributed by atoms with Crippen LogP contribution in [0.1, 0.15) is 28.4 Å². The molecule has 30 heavy (non-hydrogen) atoms. The summed E-state index contributed by atoms with van der Waals surface area (Å²) in [7, 11) is 1.71. The van der Waals surface area contributed by atoms with E-state index < -0.39 is 5.97 Å². The van der Waals surface area contributed by atoms with Crippen molar-refractivity contribution in [3.63, 3.8) is 0 Å². The number of carbonyl (C=O) groups excluding carboxylic acids is 2. The summed E-state index contributed by atoms with van der Waals surface area (Å²) < 4.78 is 10.9. The molecule has 5 nitrogen and oxygen atoms in total. The molecule has 1 amide bonds. The van der Waals surface area contributed by atoms with Crippen molar-refractivity contribution >= 4 is 17.6 Å². The maximum atomic E-state index is 12.6. The summed E-state index contributed by atoms with van der Waals surface area (Å²) in [5.74, 6) is 0.483. The van der Waals surface area contributed by atoms with Gasteiger partial charge in [0.15, 0.2) is 6.61 Å². The number of rotatable bonds is 7. The Morgan fingerprint density at radius 1 is 0.900 bits per heavy atom. The Morgan fingerprint density at radius 2 is 1.57 bits per heavy atom. The molecule has 3 aromatic carbocycles. The number of carbonyl (C=O) groups is 2. The second kappa shape index (κ2) is 9.74. The summed E-state index contributed by atoms with van der Waals surface area (Å²) >= 11 is 0. The van der Waals surface area contributed by atoms with Gasteiger partial charge in [-0.05, 0) is 61.4 Å². The van der Waals surface area contributed by atoms with Crippen molar-refractivity contribution in [2.24, 2.45) is 0 Å². The van der Waals surface area contributed by atoms with Crippen LogP contribution in [0.25, 0.3) is 0 Å². The van der Waals surface area contributed by atoms with E-state index in [2.05, 4.69) is 0 Å². The summed E-state index contributed by atoms with van der Waals surface area (Å²) in [6, 6.07) is 21.8. The normalized spacial score (nSPS) is 10.4. The van der Waals surface area contributed by atoms with Crippen molar-refractivity contribution in [3.8, 4) is 11.5 Å². The number of anilines is 1. The summed E-state index contributed by atoms with van der Waals surface area (Å²) in [4.78, 5) is 26.3. The van der Waals surface area contributed by atoms with E-state index in [0.29, 0.717) is 22.7 Å². The fourth-order valence-corrected chi connectivity index (χ4v) is 2.98. The third-order valence-electron chi connectivity index (χ3n) is 4.76. The van der Waals surface area contributed by atoms with Crippen molar-refractivity contribution < 1.29 is 19.1 Å². The van der Waals surface area contributed by atoms with Crippen LogP contribution in [0.3, 0.4) is 0 Å². The summed E-state index contributed by atoms with van der Waals surface area (Å²) in [5, 5.41) is 0. The molecule has 0 aromatic heterocycles. The van der Waals surface area contributed by atoms with Crippen molar-refractivity contribution in [1.82, 2.24) is 0 Å². The van der Waals surface area contributed by atoms with Crippen molar-refractivity contribution in [2.75, 3.05) is 18.6 Å². The molecule has 0 fully saturated rings. The molecule has 0 saturated carbocycles. The van der Waals surface area contributed by atoms with Gasteiger partial charge in [-0.3, -0.25) is 4.79 Å². The summed E-state index contributed by atoms with van der Waals surface area (Å²) in [5.41, 5.74) is 3.45. The van der Waals surface area contributed by atoms with E-state index in [1.807, 2.05) is 50.2 Å². The Kier molecular flexibility index (Phi) is 6.86. The molecule has 0 heterocycles. The van der Waals surface area contributed by atoms with Crippen LogP contribution in [0.4, 0.5) is 5.69 Å². The number of amides is 1. The Balaban J connectivity index is 1.57. The Labute approximate surface area is 176 Å². The van der Waals surface area contributed by atoms with Crippen molar-refractivity contribution in [3.05, 3.63) is 89.5 Å². The zero-order valence-corrected chi connectivity index (χ0v) is 17.4. The fourth-order valence-electron chi connectivity index (χ4n) is 2.98. The molecule has 5 heteroatoms. The van der Waals surface area contributed by atoms with Gasteiger partial charge in [0.25, 0.3) is 5.91 Å². The molecule has 0 radical (unpaired) electrons. The molecule has 0 aliphatic rings. The van der Waals surface area contributed by atoms with E-state index in [1.165, 1.54) is 0 Å². The molecule has 3 rings (SSSR count). The van der Waals surface area contributed by atoms with Gasteiger partial charge in [0.2, 0.25) is 0 Å². The smallest absolute Gasteiger partial charge is 0.349 e. The first-order valence-corrected chi connectivity index (χ1v) is 9.84. The number of para-hydroxylation sites is 1. The lowest BCUT2D eigenvalue weighted by atomic mass is 10.1. The number of ether oxygens (including phenoxy) is 2. The highest BCUT2D eigenvalue weighted by Gasteiger charge is 2.14. The second-order valence-electron chi connectivity index (χ2n) is 6.95. The minimum atomic E-state index is -0.488. The predicted octanol–water partition coefficient (Wildman–Crippen LogP) is 4.82. The van der Waals surface area contributed by atoms with Gasteiger partial charge in [-0.2, -0.15) is 0 Å². The fraction of sp³-hybridized carbons (Fsp3) is 0.200. The zero-order valence-electron chi connectivity index (χ0n) is 17.4. The number of esters is 1. The van der Waals surface area contributed by atoms with E-state index in [4.69, 9.17) is 9.47 Å². The van der Waals surface area contributed by atoms with Gasteiger partial charge in [-0.25, -0.2) is 4.79 Å².